The van der Waals surface area contributed by atoms with E-state index >= 15 is 0 Å². The molecule has 6 heteroatoms. The maximum Gasteiger partial charge on any atom is 0.309 e. The molecule has 0 aliphatic rings. The molecule has 0 atom stereocenters. The molecule has 0 saturated heterocycles. The highest BCUT2D eigenvalue weighted by molar-refractivity contribution is 5.96. The molecule has 1 aromatic carbocycles. The number of nitrogens with one attached hydrogen (secondary N) is 2. The fraction of sp³-hybridized carbons (Fsp3) is 0.438. The van der Waals surface area contributed by atoms with Crippen molar-refractivity contribution in [1.82, 2.24) is 5.32 Å². The van der Waals surface area contributed by atoms with Gasteiger partial charge in [0.15, 0.2) is 0 Å². The number of carboxylic acids is 1. The molecule has 1 aromatic rings. The van der Waals surface area contributed by atoms with E-state index in [1.165, 1.54) is 13.8 Å². The van der Waals surface area contributed by atoms with E-state index in [0.29, 0.717) is 11.3 Å². The van der Waals surface area contributed by atoms with Gasteiger partial charge in [-0.15, -0.1) is 0 Å². The average molecular weight is 306 g/mol. The Balaban J connectivity index is 2.66. The number of carboxylic acid groups (broad SMARTS) is 1. The first kappa shape index (κ1) is 17.7. The molecule has 0 aliphatic carbocycles. The Bertz CT molecular complexity index is 562. The molecule has 0 aliphatic heterocycles. The molecule has 0 bridgehead atoms. The van der Waals surface area contributed by atoms with Gasteiger partial charge in [-0.05, 0) is 52.0 Å². The summed E-state index contributed by atoms with van der Waals surface area (Å²) in [6.07, 6.45) is -0.127. The highest BCUT2D eigenvalue weighted by atomic mass is 16.4. The van der Waals surface area contributed by atoms with Gasteiger partial charge in [0, 0.05) is 23.7 Å². The molecule has 0 fully saturated rings. The number of benzene rings is 1. The summed E-state index contributed by atoms with van der Waals surface area (Å²) in [6, 6.07) is 6.48. The lowest BCUT2D eigenvalue weighted by atomic mass is 9.89. The summed E-state index contributed by atoms with van der Waals surface area (Å²) >= 11 is 0. The van der Waals surface area contributed by atoms with Crippen molar-refractivity contribution < 1.29 is 19.5 Å². The van der Waals surface area contributed by atoms with E-state index in [1.807, 2.05) is 13.8 Å². The Labute approximate surface area is 129 Å². The van der Waals surface area contributed by atoms with Gasteiger partial charge in [0.25, 0.3) is 5.91 Å². The van der Waals surface area contributed by atoms with E-state index in [0.717, 1.165) is 0 Å². The number of carbonyl (C=O) groups excluding carboxylic acids is 2. The Hall–Kier alpha value is -2.37. The number of carbonyl (C=O) groups is 3. The molecular weight excluding hydrogens is 284 g/mol. The van der Waals surface area contributed by atoms with Gasteiger partial charge in [-0.3, -0.25) is 14.4 Å². The number of aliphatic carboxylic acids is 1. The summed E-state index contributed by atoms with van der Waals surface area (Å²) in [6.45, 7) is 6.73. The monoisotopic (exact) mass is 306 g/mol. The second kappa shape index (κ2) is 7.06. The first-order valence-electron chi connectivity index (χ1n) is 7.06. The zero-order valence-corrected chi connectivity index (χ0v) is 13.3. The summed E-state index contributed by atoms with van der Waals surface area (Å²) in [5.41, 5.74) is -0.105. The van der Waals surface area contributed by atoms with Gasteiger partial charge >= 0.3 is 5.97 Å². The van der Waals surface area contributed by atoms with Gasteiger partial charge < -0.3 is 15.7 Å². The van der Waals surface area contributed by atoms with E-state index in [-0.39, 0.29) is 24.3 Å². The number of rotatable bonds is 6. The van der Waals surface area contributed by atoms with Crippen molar-refractivity contribution in [2.75, 3.05) is 5.32 Å². The summed E-state index contributed by atoms with van der Waals surface area (Å²) in [5, 5.41) is 14.4. The van der Waals surface area contributed by atoms with Crippen LogP contribution in [0.3, 0.4) is 0 Å². The number of amides is 2. The SMILES string of the molecule is CC(C)NC(=O)c1ccc(NC(=O)CC(C)(C)C(=O)O)cc1. The Kier molecular flexibility index (Phi) is 5.68. The third-order valence-corrected chi connectivity index (χ3v) is 3.03. The molecule has 1 rings (SSSR count). The van der Waals surface area contributed by atoms with Gasteiger partial charge in [0.1, 0.15) is 0 Å². The summed E-state index contributed by atoms with van der Waals surface area (Å²) < 4.78 is 0. The van der Waals surface area contributed by atoms with Crippen molar-refractivity contribution in [2.24, 2.45) is 5.41 Å². The number of hydrogen-bond acceptors (Lipinski definition) is 3. The predicted molar refractivity (Wildman–Crippen MR) is 83.7 cm³/mol. The lowest BCUT2D eigenvalue weighted by molar-refractivity contribution is -0.148. The first-order valence-corrected chi connectivity index (χ1v) is 7.06. The maximum absolute atomic E-state index is 11.8. The van der Waals surface area contributed by atoms with Crippen molar-refractivity contribution >= 4 is 23.5 Å². The quantitative estimate of drug-likeness (QED) is 0.751. The molecule has 0 unspecified atom stereocenters. The molecular formula is C16H22N2O4. The van der Waals surface area contributed by atoms with Crippen LogP contribution >= 0.6 is 0 Å². The van der Waals surface area contributed by atoms with Gasteiger partial charge in [-0.2, -0.15) is 0 Å². The molecule has 2 amide bonds. The highest BCUT2D eigenvalue weighted by Crippen LogP contribution is 2.21. The van der Waals surface area contributed by atoms with Crippen LogP contribution in [-0.2, 0) is 9.59 Å². The van der Waals surface area contributed by atoms with E-state index in [1.54, 1.807) is 24.3 Å². The van der Waals surface area contributed by atoms with Gasteiger partial charge in [-0.1, -0.05) is 0 Å². The first-order chi connectivity index (χ1) is 10.1. The summed E-state index contributed by atoms with van der Waals surface area (Å²) in [7, 11) is 0. The molecule has 0 saturated carbocycles. The summed E-state index contributed by atoms with van der Waals surface area (Å²) in [4.78, 5) is 34.6. The number of hydrogen-bond donors (Lipinski definition) is 3. The maximum atomic E-state index is 11.8. The minimum Gasteiger partial charge on any atom is -0.481 e. The van der Waals surface area contributed by atoms with E-state index in [2.05, 4.69) is 10.6 Å². The molecule has 0 heterocycles. The average Bonchev–Trinajstić information content (AvgIpc) is 2.37. The van der Waals surface area contributed by atoms with Crippen LogP contribution in [-0.4, -0.2) is 28.9 Å². The minimum atomic E-state index is -1.12. The van der Waals surface area contributed by atoms with Gasteiger partial charge in [0.05, 0.1) is 5.41 Å². The highest BCUT2D eigenvalue weighted by Gasteiger charge is 2.30. The lowest BCUT2D eigenvalue weighted by Gasteiger charge is -2.18. The Morgan fingerprint density at radius 2 is 1.68 bits per heavy atom. The fourth-order valence-electron chi connectivity index (χ4n) is 1.73. The minimum absolute atomic E-state index is 0.0464. The van der Waals surface area contributed by atoms with Crippen LogP contribution in [0.5, 0.6) is 0 Å². The summed E-state index contributed by atoms with van der Waals surface area (Å²) in [5.74, 6) is -1.59. The largest absolute Gasteiger partial charge is 0.481 e. The van der Waals surface area contributed by atoms with Crippen LogP contribution in [0, 0.1) is 5.41 Å². The predicted octanol–water partition coefficient (Wildman–Crippen LogP) is 2.26. The van der Waals surface area contributed by atoms with Crippen molar-refractivity contribution in [2.45, 2.75) is 40.2 Å². The third kappa shape index (κ3) is 5.20. The van der Waals surface area contributed by atoms with Crippen LogP contribution in [0.25, 0.3) is 0 Å². The van der Waals surface area contributed by atoms with E-state index in [9.17, 15) is 14.4 Å². The Morgan fingerprint density at radius 3 is 2.14 bits per heavy atom. The molecule has 120 valence electrons. The zero-order valence-electron chi connectivity index (χ0n) is 13.3. The van der Waals surface area contributed by atoms with Crippen molar-refractivity contribution in [3.63, 3.8) is 0 Å². The Morgan fingerprint density at radius 1 is 1.14 bits per heavy atom. The van der Waals surface area contributed by atoms with Crippen LogP contribution < -0.4 is 10.6 Å². The number of anilines is 1. The second-order valence-electron chi connectivity index (χ2n) is 6.12. The molecule has 22 heavy (non-hydrogen) atoms. The fourth-order valence-corrected chi connectivity index (χ4v) is 1.73. The van der Waals surface area contributed by atoms with Crippen LogP contribution in [0.2, 0.25) is 0 Å². The smallest absolute Gasteiger partial charge is 0.309 e. The normalized spacial score (nSPS) is 11.1. The third-order valence-electron chi connectivity index (χ3n) is 3.03. The van der Waals surface area contributed by atoms with Crippen molar-refractivity contribution in [1.29, 1.82) is 0 Å². The van der Waals surface area contributed by atoms with Crippen molar-refractivity contribution in [3.8, 4) is 0 Å². The van der Waals surface area contributed by atoms with Gasteiger partial charge in [-0.25, -0.2) is 0 Å². The second-order valence-corrected chi connectivity index (χ2v) is 6.12. The van der Waals surface area contributed by atoms with E-state index < -0.39 is 11.4 Å². The van der Waals surface area contributed by atoms with E-state index in [4.69, 9.17) is 5.11 Å². The topological polar surface area (TPSA) is 95.5 Å². The van der Waals surface area contributed by atoms with Crippen LogP contribution in [0.1, 0.15) is 44.5 Å². The molecule has 0 aromatic heterocycles. The standard InChI is InChI=1S/C16H22N2O4/c1-10(2)17-14(20)11-5-7-12(8-6-11)18-13(19)9-16(3,4)15(21)22/h5-8,10H,9H2,1-4H3,(H,17,20)(H,18,19)(H,21,22). The van der Waals surface area contributed by atoms with Gasteiger partial charge in [0.2, 0.25) is 5.91 Å². The van der Waals surface area contributed by atoms with Crippen molar-refractivity contribution in [3.05, 3.63) is 29.8 Å². The molecule has 3 N–H and O–H groups in total. The molecule has 0 spiro atoms. The lowest BCUT2D eigenvalue weighted by Crippen LogP contribution is -2.30. The van der Waals surface area contributed by atoms with Crippen LogP contribution in [0.15, 0.2) is 24.3 Å². The molecule has 0 radical (unpaired) electrons. The zero-order chi connectivity index (χ0) is 16.9. The molecule has 6 nitrogen and oxygen atoms in total. The van der Waals surface area contributed by atoms with Crippen LogP contribution in [0.4, 0.5) is 5.69 Å².